The third-order valence-corrected chi connectivity index (χ3v) is 6.12. The second-order valence-corrected chi connectivity index (χ2v) is 8.28. The van der Waals surface area contributed by atoms with E-state index in [-0.39, 0.29) is 5.56 Å². The Kier molecular flexibility index (Phi) is 5.30. The minimum absolute atomic E-state index is 0.0596. The van der Waals surface area contributed by atoms with Crippen LogP contribution >= 0.6 is 0 Å². The molecule has 2 aliphatic rings. The molecule has 1 atom stereocenters. The van der Waals surface area contributed by atoms with Crippen LogP contribution in [0.15, 0.2) is 35.1 Å². The van der Waals surface area contributed by atoms with E-state index in [4.69, 9.17) is 4.98 Å². The molecule has 2 aromatic rings. The van der Waals surface area contributed by atoms with Crippen LogP contribution in [0.3, 0.4) is 0 Å². The second kappa shape index (κ2) is 7.85. The van der Waals surface area contributed by atoms with Gasteiger partial charge in [0.15, 0.2) is 0 Å². The van der Waals surface area contributed by atoms with E-state index in [1.165, 1.54) is 18.4 Å². The summed E-state index contributed by atoms with van der Waals surface area (Å²) >= 11 is 0. The Labute approximate surface area is 161 Å². The van der Waals surface area contributed by atoms with Crippen LogP contribution < -0.4 is 10.5 Å². The van der Waals surface area contributed by atoms with Crippen LogP contribution in [-0.2, 0) is 13.0 Å². The number of benzene rings is 1. The zero-order chi connectivity index (χ0) is 18.8. The molecule has 0 saturated carbocycles. The van der Waals surface area contributed by atoms with Gasteiger partial charge >= 0.3 is 0 Å². The highest BCUT2D eigenvalue weighted by Crippen LogP contribution is 2.23. The minimum Gasteiger partial charge on any atom is -0.342 e. The van der Waals surface area contributed by atoms with Crippen molar-refractivity contribution in [3.8, 4) is 0 Å². The van der Waals surface area contributed by atoms with Gasteiger partial charge in [-0.3, -0.25) is 14.7 Å². The molecule has 1 unspecified atom stereocenters. The van der Waals surface area contributed by atoms with E-state index in [9.17, 15) is 4.79 Å². The number of aromatic nitrogens is 2. The number of fused-ring (bicyclic) bond motifs is 1. The number of rotatable bonds is 4. The van der Waals surface area contributed by atoms with E-state index in [1.807, 2.05) is 0 Å². The predicted octanol–water partition coefficient (Wildman–Crippen LogP) is 3.17. The van der Waals surface area contributed by atoms with E-state index in [2.05, 4.69) is 59.0 Å². The van der Waals surface area contributed by atoms with E-state index >= 15 is 0 Å². The molecule has 1 aromatic carbocycles. The summed E-state index contributed by atoms with van der Waals surface area (Å²) in [6, 6.07) is 10.7. The van der Waals surface area contributed by atoms with Crippen molar-refractivity contribution in [2.75, 3.05) is 31.1 Å². The molecule has 1 fully saturated rings. The molecular weight excluding hydrogens is 336 g/mol. The molecule has 0 aliphatic carbocycles. The zero-order valence-corrected chi connectivity index (χ0v) is 16.4. The summed E-state index contributed by atoms with van der Waals surface area (Å²) < 4.78 is 0. The highest BCUT2D eigenvalue weighted by Gasteiger charge is 2.25. The van der Waals surface area contributed by atoms with Gasteiger partial charge in [-0.1, -0.05) is 44.2 Å². The van der Waals surface area contributed by atoms with Gasteiger partial charge in [0.1, 0.15) is 0 Å². The summed E-state index contributed by atoms with van der Waals surface area (Å²) in [7, 11) is 0. The van der Waals surface area contributed by atoms with Crippen molar-refractivity contribution in [3.05, 3.63) is 57.5 Å². The monoisotopic (exact) mass is 366 g/mol. The van der Waals surface area contributed by atoms with Gasteiger partial charge in [-0.05, 0) is 36.7 Å². The number of anilines is 1. The SMILES string of the molecule is CC1CCN(c2nc3c(c(=O)[nH]2)CCN(CC(C)c2ccccc2)C3)CC1. The molecule has 2 aliphatic heterocycles. The van der Waals surface area contributed by atoms with Crippen LogP contribution in [0, 0.1) is 5.92 Å². The van der Waals surface area contributed by atoms with Crippen LogP contribution in [0.25, 0.3) is 0 Å². The van der Waals surface area contributed by atoms with Crippen LogP contribution in [0.4, 0.5) is 5.95 Å². The summed E-state index contributed by atoms with van der Waals surface area (Å²) in [6.07, 6.45) is 3.12. The van der Waals surface area contributed by atoms with E-state index in [0.717, 1.165) is 62.3 Å². The number of nitrogens with one attached hydrogen (secondary N) is 1. The Hall–Kier alpha value is -2.14. The summed E-state index contributed by atoms with van der Waals surface area (Å²) in [4.78, 5) is 25.2. The molecule has 1 N–H and O–H groups in total. The van der Waals surface area contributed by atoms with Crippen molar-refractivity contribution >= 4 is 5.95 Å². The Morgan fingerprint density at radius 3 is 2.67 bits per heavy atom. The average Bonchev–Trinajstić information content (AvgIpc) is 2.69. The van der Waals surface area contributed by atoms with Gasteiger partial charge in [-0.2, -0.15) is 0 Å². The van der Waals surface area contributed by atoms with Crippen LogP contribution in [0.2, 0.25) is 0 Å². The van der Waals surface area contributed by atoms with Gasteiger partial charge in [0.25, 0.3) is 5.56 Å². The summed E-state index contributed by atoms with van der Waals surface area (Å²) in [6.45, 7) is 9.23. The fourth-order valence-electron chi connectivity index (χ4n) is 4.28. The normalized spacial score (nSPS) is 19.7. The molecule has 1 aromatic heterocycles. The lowest BCUT2D eigenvalue weighted by Gasteiger charge is -2.33. The van der Waals surface area contributed by atoms with Crippen molar-refractivity contribution in [2.24, 2.45) is 5.92 Å². The number of aromatic amines is 1. The molecule has 5 nitrogen and oxygen atoms in total. The molecule has 144 valence electrons. The topological polar surface area (TPSA) is 52.2 Å². The average molecular weight is 367 g/mol. The lowest BCUT2D eigenvalue weighted by Crippen LogP contribution is -2.40. The Morgan fingerprint density at radius 2 is 1.93 bits per heavy atom. The molecule has 0 amide bonds. The Balaban J connectivity index is 1.49. The third-order valence-electron chi connectivity index (χ3n) is 6.12. The maximum Gasteiger partial charge on any atom is 0.255 e. The fourth-order valence-corrected chi connectivity index (χ4v) is 4.28. The first-order chi connectivity index (χ1) is 13.1. The third kappa shape index (κ3) is 4.08. The number of nitrogens with zero attached hydrogens (tertiary/aromatic N) is 3. The van der Waals surface area contributed by atoms with E-state index < -0.39 is 0 Å². The van der Waals surface area contributed by atoms with E-state index in [1.54, 1.807) is 0 Å². The van der Waals surface area contributed by atoms with E-state index in [0.29, 0.717) is 5.92 Å². The number of H-pyrrole nitrogens is 1. The first kappa shape index (κ1) is 18.2. The number of hydrogen-bond acceptors (Lipinski definition) is 4. The van der Waals surface area contributed by atoms with Gasteiger partial charge in [0, 0.05) is 38.3 Å². The van der Waals surface area contributed by atoms with Crippen molar-refractivity contribution in [2.45, 2.75) is 45.6 Å². The quantitative estimate of drug-likeness (QED) is 0.903. The fraction of sp³-hybridized carbons (Fsp3) is 0.545. The largest absolute Gasteiger partial charge is 0.342 e. The molecule has 0 spiro atoms. The van der Waals surface area contributed by atoms with Gasteiger partial charge < -0.3 is 4.90 Å². The van der Waals surface area contributed by atoms with Gasteiger partial charge in [0.2, 0.25) is 5.95 Å². The first-order valence-electron chi connectivity index (χ1n) is 10.2. The molecular formula is C22H30N4O. The zero-order valence-electron chi connectivity index (χ0n) is 16.4. The standard InChI is InChI=1S/C22H30N4O/c1-16-8-12-26(13-9-16)22-23-20-15-25(11-10-19(20)21(27)24-22)14-17(2)18-6-4-3-5-7-18/h3-7,16-17H,8-15H2,1-2H3,(H,23,24,27). The second-order valence-electron chi connectivity index (χ2n) is 8.28. The highest BCUT2D eigenvalue weighted by atomic mass is 16.1. The lowest BCUT2D eigenvalue weighted by molar-refractivity contribution is 0.237. The molecule has 4 rings (SSSR count). The molecule has 0 bridgehead atoms. The molecule has 5 heteroatoms. The summed E-state index contributed by atoms with van der Waals surface area (Å²) in [5.41, 5.74) is 3.28. The molecule has 27 heavy (non-hydrogen) atoms. The van der Waals surface area contributed by atoms with Crippen molar-refractivity contribution < 1.29 is 0 Å². The minimum atomic E-state index is 0.0596. The number of hydrogen-bond donors (Lipinski definition) is 1. The Morgan fingerprint density at radius 1 is 1.19 bits per heavy atom. The van der Waals surface area contributed by atoms with Crippen molar-refractivity contribution in [1.82, 2.24) is 14.9 Å². The van der Waals surface area contributed by atoms with Crippen molar-refractivity contribution in [3.63, 3.8) is 0 Å². The smallest absolute Gasteiger partial charge is 0.255 e. The molecule has 1 saturated heterocycles. The highest BCUT2D eigenvalue weighted by molar-refractivity contribution is 5.35. The Bertz CT molecular complexity index is 824. The van der Waals surface area contributed by atoms with Gasteiger partial charge in [0.05, 0.1) is 5.69 Å². The predicted molar refractivity (Wildman–Crippen MR) is 109 cm³/mol. The number of piperidine rings is 1. The van der Waals surface area contributed by atoms with Crippen LogP contribution in [0.1, 0.15) is 49.4 Å². The summed E-state index contributed by atoms with van der Waals surface area (Å²) in [5, 5.41) is 0. The van der Waals surface area contributed by atoms with Gasteiger partial charge in [-0.15, -0.1) is 0 Å². The lowest BCUT2D eigenvalue weighted by atomic mass is 9.98. The van der Waals surface area contributed by atoms with Crippen LogP contribution in [-0.4, -0.2) is 41.0 Å². The maximum atomic E-state index is 12.6. The van der Waals surface area contributed by atoms with Crippen LogP contribution in [0.5, 0.6) is 0 Å². The van der Waals surface area contributed by atoms with Gasteiger partial charge in [-0.25, -0.2) is 4.98 Å². The van der Waals surface area contributed by atoms with Crippen molar-refractivity contribution in [1.29, 1.82) is 0 Å². The summed E-state index contributed by atoms with van der Waals surface area (Å²) in [5.74, 6) is 2.00. The maximum absolute atomic E-state index is 12.6. The first-order valence-corrected chi connectivity index (χ1v) is 10.2. The molecule has 0 radical (unpaired) electrons. The molecule has 3 heterocycles.